The maximum atomic E-state index is 10.6. The van der Waals surface area contributed by atoms with E-state index in [4.69, 9.17) is 21.1 Å². The second-order valence-electron chi connectivity index (χ2n) is 4.86. The summed E-state index contributed by atoms with van der Waals surface area (Å²) in [5, 5.41) is 28.9. The molecular weight excluding hydrogens is 312 g/mol. The number of carboxylic acids is 2. The molecule has 24 heavy (non-hydrogen) atoms. The van der Waals surface area contributed by atoms with E-state index in [0.29, 0.717) is 6.54 Å². The third-order valence-electron chi connectivity index (χ3n) is 3.15. The van der Waals surface area contributed by atoms with Gasteiger partial charge in [0.1, 0.15) is 0 Å². The molecule has 2 aromatic carbocycles. The minimum Gasteiger partial charge on any atom is -0.478 e. The zero-order valence-corrected chi connectivity index (χ0v) is 13.2. The van der Waals surface area contributed by atoms with E-state index in [1.165, 1.54) is 25.1 Å². The quantitative estimate of drug-likeness (QED) is 0.529. The van der Waals surface area contributed by atoms with E-state index in [1.807, 2.05) is 24.3 Å². The van der Waals surface area contributed by atoms with Crippen LogP contribution in [0.3, 0.4) is 0 Å². The van der Waals surface area contributed by atoms with Gasteiger partial charge in [0.25, 0.3) is 0 Å². The van der Waals surface area contributed by atoms with Crippen molar-refractivity contribution in [3.8, 4) is 0 Å². The number of carboxylic acid groups (broad SMARTS) is 2. The molecule has 0 spiro atoms. The van der Waals surface area contributed by atoms with E-state index in [0.717, 1.165) is 11.4 Å². The van der Waals surface area contributed by atoms with E-state index in [9.17, 15) is 9.59 Å². The number of carbonyl (C=O) groups is 2. The topological polar surface area (TPSA) is 133 Å². The fraction of sp³-hybridized carbons (Fsp3) is 0.176. The van der Waals surface area contributed by atoms with Gasteiger partial charge in [-0.25, -0.2) is 9.59 Å². The van der Waals surface area contributed by atoms with Crippen molar-refractivity contribution in [3.63, 3.8) is 0 Å². The van der Waals surface area contributed by atoms with Crippen molar-refractivity contribution in [3.05, 3.63) is 59.2 Å². The first-order valence-corrected chi connectivity index (χ1v) is 7.13. The predicted molar refractivity (Wildman–Crippen MR) is 91.5 cm³/mol. The zero-order chi connectivity index (χ0) is 18.1. The van der Waals surface area contributed by atoms with E-state index >= 15 is 0 Å². The van der Waals surface area contributed by atoms with Crippen LogP contribution < -0.4 is 11.1 Å². The van der Waals surface area contributed by atoms with E-state index in [-0.39, 0.29) is 23.3 Å². The Morgan fingerprint density at radius 2 is 1.50 bits per heavy atom. The van der Waals surface area contributed by atoms with Gasteiger partial charge in [-0.3, -0.25) is 0 Å². The average molecular weight is 332 g/mol. The maximum absolute atomic E-state index is 10.6. The first kappa shape index (κ1) is 19.0. The van der Waals surface area contributed by atoms with E-state index in [1.54, 1.807) is 0 Å². The highest BCUT2D eigenvalue weighted by molar-refractivity contribution is 5.96. The van der Waals surface area contributed by atoms with Crippen LogP contribution in [0.1, 0.15) is 26.3 Å². The Morgan fingerprint density at radius 1 is 1.00 bits per heavy atom. The molecule has 0 unspecified atom stereocenters. The van der Waals surface area contributed by atoms with Crippen LogP contribution in [0.4, 0.5) is 11.4 Å². The summed E-state index contributed by atoms with van der Waals surface area (Å²) >= 11 is 0. The molecular formula is C17H20N2O5. The number of aliphatic hydroxyl groups is 1. The van der Waals surface area contributed by atoms with Gasteiger partial charge in [0.15, 0.2) is 0 Å². The van der Waals surface area contributed by atoms with Gasteiger partial charge < -0.3 is 26.4 Å². The highest BCUT2D eigenvalue weighted by atomic mass is 16.4. The number of aromatic carboxylic acids is 2. The van der Waals surface area contributed by atoms with Crippen molar-refractivity contribution < 1.29 is 24.9 Å². The molecule has 0 heterocycles. The summed E-state index contributed by atoms with van der Waals surface area (Å²) in [6.45, 7) is 2.20. The van der Waals surface area contributed by atoms with Crippen molar-refractivity contribution in [2.75, 3.05) is 24.2 Å². The Kier molecular flexibility index (Phi) is 7.25. The number of aliphatic hydroxyl groups excluding tert-OH is 1. The van der Waals surface area contributed by atoms with Crippen LogP contribution >= 0.6 is 0 Å². The van der Waals surface area contributed by atoms with Crippen molar-refractivity contribution in [2.24, 2.45) is 0 Å². The molecule has 0 saturated heterocycles. The lowest BCUT2D eigenvalue weighted by atomic mass is 10.0. The van der Waals surface area contributed by atoms with E-state index in [2.05, 4.69) is 5.32 Å². The highest BCUT2D eigenvalue weighted by Crippen LogP contribution is 2.13. The summed E-state index contributed by atoms with van der Waals surface area (Å²) in [5.74, 6) is -2.22. The molecule has 0 aliphatic heterocycles. The largest absolute Gasteiger partial charge is 0.478 e. The third kappa shape index (κ3) is 5.62. The first-order chi connectivity index (χ1) is 11.4. The molecule has 128 valence electrons. The molecule has 2 aromatic rings. The predicted octanol–water partition coefficient (Wildman–Crippen LogP) is 2.06. The molecule has 0 aliphatic rings. The lowest BCUT2D eigenvalue weighted by Gasteiger charge is -2.03. The van der Waals surface area contributed by atoms with Crippen molar-refractivity contribution in [1.29, 1.82) is 0 Å². The number of nitrogens with two attached hydrogens (primary N) is 1. The number of nitrogens with one attached hydrogen (secondary N) is 1. The maximum Gasteiger partial charge on any atom is 0.335 e. The van der Waals surface area contributed by atoms with Crippen LogP contribution in [0, 0.1) is 6.92 Å². The van der Waals surface area contributed by atoms with Crippen LogP contribution in [0.5, 0.6) is 0 Å². The van der Waals surface area contributed by atoms with Crippen LogP contribution in [0.15, 0.2) is 42.5 Å². The first-order valence-electron chi connectivity index (χ1n) is 7.13. The molecule has 0 aliphatic carbocycles. The monoisotopic (exact) mass is 332 g/mol. The van der Waals surface area contributed by atoms with E-state index < -0.39 is 11.9 Å². The summed E-state index contributed by atoms with van der Waals surface area (Å²) < 4.78 is 0. The number of rotatable bonds is 5. The van der Waals surface area contributed by atoms with Gasteiger partial charge in [0, 0.05) is 17.9 Å². The highest BCUT2D eigenvalue weighted by Gasteiger charge is 2.13. The Hall–Kier alpha value is -3.06. The number of nitrogen functional groups attached to an aromatic ring is 1. The molecule has 0 fully saturated rings. The van der Waals surface area contributed by atoms with Crippen LogP contribution in [0.25, 0.3) is 0 Å². The van der Waals surface area contributed by atoms with Gasteiger partial charge >= 0.3 is 11.9 Å². The Labute approximate surface area is 139 Å². The Bertz CT molecular complexity index is 666. The van der Waals surface area contributed by atoms with Gasteiger partial charge in [-0.1, -0.05) is 6.07 Å². The third-order valence-corrected chi connectivity index (χ3v) is 3.15. The molecule has 0 amide bonds. The van der Waals surface area contributed by atoms with Gasteiger partial charge in [0.2, 0.25) is 0 Å². The average Bonchev–Trinajstić information content (AvgIpc) is 2.54. The second-order valence-corrected chi connectivity index (χ2v) is 4.86. The summed E-state index contributed by atoms with van der Waals surface area (Å²) in [6, 6.07) is 11.6. The van der Waals surface area contributed by atoms with Crippen LogP contribution in [-0.2, 0) is 0 Å². The fourth-order valence-corrected chi connectivity index (χ4v) is 1.90. The second kappa shape index (κ2) is 9.16. The summed E-state index contributed by atoms with van der Waals surface area (Å²) in [7, 11) is 0. The van der Waals surface area contributed by atoms with Gasteiger partial charge in [-0.15, -0.1) is 0 Å². The normalized spacial score (nSPS) is 9.58. The molecule has 0 radical (unpaired) electrons. The molecule has 6 N–H and O–H groups in total. The molecule has 2 rings (SSSR count). The number of hydrogen-bond donors (Lipinski definition) is 5. The summed E-state index contributed by atoms with van der Waals surface area (Å²) in [5.41, 5.74) is 7.54. The molecule has 7 heteroatoms. The molecule has 0 atom stereocenters. The fourth-order valence-electron chi connectivity index (χ4n) is 1.90. The standard InChI is InChI=1S/C9H8O4.C8H12N2O/c1-5-6(8(10)11)3-2-4-7(5)9(12)13;9-7-1-3-8(4-2-7)10-5-6-11/h2-4H,1H3,(H,10,11)(H,12,13);1-4,10-11H,5-6,9H2. The van der Waals surface area contributed by atoms with Gasteiger partial charge in [-0.05, 0) is 48.9 Å². The molecule has 0 aromatic heterocycles. The SMILES string of the molecule is Cc1c(C(=O)O)cccc1C(=O)O.Nc1ccc(NCCO)cc1. The smallest absolute Gasteiger partial charge is 0.335 e. The van der Waals surface area contributed by atoms with Crippen molar-refractivity contribution >= 4 is 23.3 Å². The van der Waals surface area contributed by atoms with Crippen LogP contribution in [-0.4, -0.2) is 40.4 Å². The zero-order valence-electron chi connectivity index (χ0n) is 13.2. The Balaban J connectivity index is 0.000000243. The minimum atomic E-state index is -1.11. The minimum absolute atomic E-state index is 0.0277. The summed E-state index contributed by atoms with van der Waals surface area (Å²) in [4.78, 5) is 21.2. The lowest BCUT2D eigenvalue weighted by molar-refractivity contribution is 0.0696. The molecule has 7 nitrogen and oxygen atoms in total. The Morgan fingerprint density at radius 3 is 1.92 bits per heavy atom. The number of anilines is 2. The summed E-state index contributed by atoms with van der Waals surface area (Å²) in [6.07, 6.45) is 0. The number of benzene rings is 2. The van der Waals surface area contributed by atoms with Crippen LogP contribution in [0.2, 0.25) is 0 Å². The van der Waals surface area contributed by atoms with Crippen molar-refractivity contribution in [1.82, 2.24) is 0 Å². The van der Waals surface area contributed by atoms with Gasteiger partial charge in [-0.2, -0.15) is 0 Å². The molecule has 0 saturated carbocycles. The number of hydrogen-bond acceptors (Lipinski definition) is 5. The van der Waals surface area contributed by atoms with Gasteiger partial charge in [0.05, 0.1) is 17.7 Å². The van der Waals surface area contributed by atoms with Crippen molar-refractivity contribution in [2.45, 2.75) is 6.92 Å². The molecule has 0 bridgehead atoms. The lowest BCUT2D eigenvalue weighted by Crippen LogP contribution is -2.06.